The van der Waals surface area contributed by atoms with E-state index in [4.69, 9.17) is 0 Å². The maximum Gasteiger partial charge on any atom is 0.248 e. The van der Waals surface area contributed by atoms with Gasteiger partial charge in [-0.2, -0.15) is 0 Å². The molecule has 2 aromatic carbocycles. The molecule has 0 radical (unpaired) electrons. The van der Waals surface area contributed by atoms with E-state index in [2.05, 4.69) is 38.2 Å². The number of amides is 1. The Morgan fingerprint density at radius 1 is 1.00 bits per heavy atom. The zero-order chi connectivity index (χ0) is 17.7. The highest BCUT2D eigenvalue weighted by Gasteiger charge is 2.12. The summed E-state index contributed by atoms with van der Waals surface area (Å²) in [6.45, 7) is 6.51. The van der Waals surface area contributed by atoms with E-state index in [-0.39, 0.29) is 11.3 Å². The minimum Gasteiger partial charge on any atom is -0.323 e. The van der Waals surface area contributed by atoms with Crippen molar-refractivity contribution in [3.8, 4) is 0 Å². The summed E-state index contributed by atoms with van der Waals surface area (Å²) in [4.78, 5) is 12.7. The van der Waals surface area contributed by atoms with E-state index in [1.165, 1.54) is 11.6 Å². The van der Waals surface area contributed by atoms with Gasteiger partial charge in [0.15, 0.2) is 0 Å². The molecule has 3 nitrogen and oxygen atoms in total. The Morgan fingerprint density at radius 2 is 1.58 bits per heavy atom. The molecule has 0 unspecified atom stereocenters. The molecule has 1 atom stereocenters. The molecule has 0 bridgehead atoms. The van der Waals surface area contributed by atoms with Gasteiger partial charge in [-0.15, -0.1) is 0 Å². The summed E-state index contributed by atoms with van der Waals surface area (Å²) < 4.78 is 11.3. The van der Waals surface area contributed by atoms with Crippen molar-refractivity contribution < 1.29 is 9.00 Å². The molecule has 0 aliphatic rings. The molecule has 1 N–H and O–H groups in total. The lowest BCUT2D eigenvalue weighted by Gasteiger charge is -2.18. The van der Waals surface area contributed by atoms with Gasteiger partial charge in [0.2, 0.25) is 5.91 Å². The first-order chi connectivity index (χ1) is 11.3. The Labute approximate surface area is 146 Å². The van der Waals surface area contributed by atoms with Crippen LogP contribution < -0.4 is 5.32 Å². The van der Waals surface area contributed by atoms with Crippen molar-refractivity contribution in [2.75, 3.05) is 11.6 Å². The second-order valence-corrected chi connectivity index (χ2v) is 8.05. The van der Waals surface area contributed by atoms with Crippen LogP contribution in [0.2, 0.25) is 0 Å². The summed E-state index contributed by atoms with van der Waals surface area (Å²) in [5.41, 5.74) is 3.04. The Bertz CT molecular complexity index is 754. The van der Waals surface area contributed by atoms with Crippen LogP contribution in [-0.4, -0.2) is 16.4 Å². The number of anilines is 1. The van der Waals surface area contributed by atoms with Gasteiger partial charge >= 0.3 is 0 Å². The molecular weight excluding hydrogens is 318 g/mol. The van der Waals surface area contributed by atoms with E-state index >= 15 is 0 Å². The summed E-state index contributed by atoms with van der Waals surface area (Å²) in [5, 5.41) is 2.79. The largest absolute Gasteiger partial charge is 0.323 e. The van der Waals surface area contributed by atoms with Crippen molar-refractivity contribution in [3.63, 3.8) is 0 Å². The maximum atomic E-state index is 12.0. The quantitative estimate of drug-likeness (QED) is 0.839. The molecule has 2 rings (SSSR count). The molecule has 0 saturated heterocycles. The molecule has 126 valence electrons. The summed E-state index contributed by atoms with van der Waals surface area (Å²) in [6.07, 6.45) is 4.93. The van der Waals surface area contributed by atoms with Crippen molar-refractivity contribution in [2.45, 2.75) is 31.1 Å². The average molecular weight is 341 g/mol. The Balaban J connectivity index is 1.98. The van der Waals surface area contributed by atoms with Gasteiger partial charge in [-0.05, 0) is 46.9 Å². The number of hydrogen-bond acceptors (Lipinski definition) is 2. The molecule has 0 aliphatic carbocycles. The van der Waals surface area contributed by atoms with Crippen LogP contribution in [0.15, 0.2) is 59.5 Å². The van der Waals surface area contributed by atoms with Crippen molar-refractivity contribution in [1.29, 1.82) is 0 Å². The van der Waals surface area contributed by atoms with Gasteiger partial charge in [0.25, 0.3) is 0 Å². The van der Waals surface area contributed by atoms with Crippen LogP contribution in [0.5, 0.6) is 0 Å². The Kier molecular flexibility index (Phi) is 5.73. The molecule has 2 aromatic rings. The standard InChI is InChI=1S/C20H23NO2S/c1-20(2,3)16-8-5-15(6-9-16)7-14-19(22)21-17-10-12-18(13-11-17)24(4)23/h5-14H,1-4H3,(H,21,22)/b14-7+/t24-/m1/s1. The number of carbonyl (C=O) groups excluding carboxylic acids is 1. The first-order valence-corrected chi connectivity index (χ1v) is 9.34. The molecule has 4 heteroatoms. The van der Waals surface area contributed by atoms with Crippen LogP contribution in [-0.2, 0) is 21.0 Å². The highest BCUT2D eigenvalue weighted by atomic mass is 32.2. The lowest BCUT2D eigenvalue weighted by atomic mass is 9.87. The van der Waals surface area contributed by atoms with Crippen LogP contribution in [0.3, 0.4) is 0 Å². The maximum absolute atomic E-state index is 12.0. The number of carbonyl (C=O) groups is 1. The lowest BCUT2D eigenvalue weighted by Crippen LogP contribution is -2.10. The van der Waals surface area contributed by atoms with Gasteiger partial charge in [0.1, 0.15) is 0 Å². The van der Waals surface area contributed by atoms with E-state index in [1.807, 2.05) is 12.1 Å². The molecule has 0 saturated carbocycles. The van der Waals surface area contributed by atoms with Crippen LogP contribution in [0, 0.1) is 0 Å². The van der Waals surface area contributed by atoms with Crippen molar-refractivity contribution >= 4 is 28.5 Å². The van der Waals surface area contributed by atoms with Crippen LogP contribution in [0.1, 0.15) is 31.9 Å². The van der Waals surface area contributed by atoms with Gasteiger partial charge in [0, 0.05) is 33.7 Å². The highest BCUT2D eigenvalue weighted by molar-refractivity contribution is 7.84. The van der Waals surface area contributed by atoms with E-state index in [1.54, 1.807) is 36.6 Å². The minimum absolute atomic E-state index is 0.119. The van der Waals surface area contributed by atoms with Gasteiger partial charge in [-0.1, -0.05) is 45.0 Å². The highest BCUT2D eigenvalue weighted by Crippen LogP contribution is 2.22. The summed E-state index contributed by atoms with van der Waals surface area (Å²) >= 11 is 0. The molecule has 24 heavy (non-hydrogen) atoms. The predicted octanol–water partition coefficient (Wildman–Crippen LogP) is 4.37. The lowest BCUT2D eigenvalue weighted by molar-refractivity contribution is -0.111. The van der Waals surface area contributed by atoms with Gasteiger partial charge in [-0.25, -0.2) is 0 Å². The SMILES string of the molecule is C[S@@](=O)c1ccc(NC(=O)/C=C/c2ccc(C(C)(C)C)cc2)cc1. The molecule has 0 aromatic heterocycles. The molecule has 1 amide bonds. The second kappa shape index (κ2) is 7.58. The van der Waals surface area contributed by atoms with E-state index in [0.29, 0.717) is 5.69 Å². The van der Waals surface area contributed by atoms with Crippen molar-refractivity contribution in [2.24, 2.45) is 0 Å². The molecule has 0 heterocycles. The number of nitrogens with one attached hydrogen (secondary N) is 1. The molecule has 0 fully saturated rings. The number of rotatable bonds is 4. The van der Waals surface area contributed by atoms with E-state index < -0.39 is 10.8 Å². The topological polar surface area (TPSA) is 46.2 Å². The number of hydrogen-bond donors (Lipinski definition) is 1. The van der Waals surface area contributed by atoms with E-state index in [9.17, 15) is 9.00 Å². The number of benzene rings is 2. The molecular formula is C20H23NO2S. The van der Waals surface area contributed by atoms with Crippen LogP contribution >= 0.6 is 0 Å². The smallest absolute Gasteiger partial charge is 0.248 e. The molecule has 0 aliphatic heterocycles. The zero-order valence-corrected chi connectivity index (χ0v) is 15.3. The van der Waals surface area contributed by atoms with Crippen molar-refractivity contribution in [1.82, 2.24) is 0 Å². The third-order valence-electron chi connectivity index (χ3n) is 3.66. The third kappa shape index (κ3) is 5.17. The van der Waals surface area contributed by atoms with Gasteiger partial charge < -0.3 is 5.32 Å². The zero-order valence-electron chi connectivity index (χ0n) is 14.5. The fourth-order valence-corrected chi connectivity index (χ4v) is 2.70. The van der Waals surface area contributed by atoms with Crippen LogP contribution in [0.4, 0.5) is 5.69 Å². The van der Waals surface area contributed by atoms with Gasteiger partial charge in [0.05, 0.1) is 0 Å². The van der Waals surface area contributed by atoms with Crippen molar-refractivity contribution in [3.05, 3.63) is 65.7 Å². The fourth-order valence-electron chi connectivity index (χ4n) is 2.18. The predicted molar refractivity (Wildman–Crippen MR) is 102 cm³/mol. The summed E-state index contributed by atoms with van der Waals surface area (Å²) in [7, 11) is -1.01. The normalized spacial score (nSPS) is 13.0. The van der Waals surface area contributed by atoms with E-state index in [0.717, 1.165) is 10.5 Å². The Hall–Kier alpha value is -2.20. The van der Waals surface area contributed by atoms with Gasteiger partial charge in [-0.3, -0.25) is 9.00 Å². The average Bonchev–Trinajstić information content (AvgIpc) is 2.53. The first-order valence-electron chi connectivity index (χ1n) is 7.79. The monoisotopic (exact) mass is 341 g/mol. The minimum atomic E-state index is -1.01. The second-order valence-electron chi connectivity index (χ2n) is 6.67. The first kappa shape index (κ1) is 18.1. The summed E-state index contributed by atoms with van der Waals surface area (Å²) in [6, 6.07) is 15.2. The fraction of sp³-hybridized carbons (Fsp3) is 0.250. The third-order valence-corrected chi connectivity index (χ3v) is 4.59. The van der Waals surface area contributed by atoms with Crippen LogP contribution in [0.25, 0.3) is 6.08 Å². The molecule has 0 spiro atoms. The summed E-state index contributed by atoms with van der Waals surface area (Å²) in [5.74, 6) is -0.194. The Morgan fingerprint density at radius 3 is 2.08 bits per heavy atom.